The molecule has 0 amide bonds. The van der Waals surface area contributed by atoms with Crippen molar-refractivity contribution in [2.45, 2.75) is 26.2 Å². The summed E-state index contributed by atoms with van der Waals surface area (Å²) in [6, 6.07) is 9.47. The Hall–Kier alpha value is -3.52. The number of benzene rings is 1. The van der Waals surface area contributed by atoms with E-state index < -0.39 is 0 Å². The predicted molar refractivity (Wildman–Crippen MR) is 103 cm³/mol. The van der Waals surface area contributed by atoms with Crippen LogP contribution in [-0.4, -0.2) is 10.2 Å². The van der Waals surface area contributed by atoms with Gasteiger partial charge in [-0.1, -0.05) is 35.9 Å². The third-order valence-electron chi connectivity index (χ3n) is 4.60. The van der Waals surface area contributed by atoms with Crippen LogP contribution in [0.2, 0.25) is 0 Å². The SMILES string of the molecule is Cc1[nH]nc(-c2ccc(C#N)cc2)c1C1=COC=C(CC2=CC=CCC2)O1. The lowest BCUT2D eigenvalue weighted by Gasteiger charge is -2.19. The van der Waals surface area contributed by atoms with Crippen LogP contribution in [0.15, 0.2) is 66.3 Å². The minimum Gasteiger partial charge on any atom is -0.465 e. The summed E-state index contributed by atoms with van der Waals surface area (Å²) in [5, 5.41) is 16.5. The largest absolute Gasteiger partial charge is 0.465 e. The molecular weight excluding hydrogens is 338 g/mol. The average Bonchev–Trinajstić information content (AvgIpc) is 3.10. The number of rotatable bonds is 4. The Balaban J connectivity index is 1.59. The lowest BCUT2D eigenvalue weighted by Crippen LogP contribution is -2.03. The van der Waals surface area contributed by atoms with Gasteiger partial charge in [0.15, 0.2) is 5.76 Å². The van der Waals surface area contributed by atoms with Crippen LogP contribution >= 0.6 is 0 Å². The maximum absolute atomic E-state index is 8.99. The zero-order valence-corrected chi connectivity index (χ0v) is 15.0. The Kier molecular flexibility index (Phi) is 4.63. The van der Waals surface area contributed by atoms with E-state index in [-0.39, 0.29) is 0 Å². The first-order valence-electron chi connectivity index (χ1n) is 8.87. The molecule has 0 bridgehead atoms. The van der Waals surface area contributed by atoms with Crippen molar-refractivity contribution in [1.82, 2.24) is 10.2 Å². The van der Waals surface area contributed by atoms with E-state index in [2.05, 4.69) is 34.5 Å². The van der Waals surface area contributed by atoms with E-state index in [0.29, 0.717) is 11.3 Å². The van der Waals surface area contributed by atoms with Crippen molar-refractivity contribution in [3.8, 4) is 17.3 Å². The van der Waals surface area contributed by atoms with Gasteiger partial charge in [-0.2, -0.15) is 10.4 Å². The monoisotopic (exact) mass is 357 g/mol. The molecule has 4 rings (SSSR count). The first-order valence-corrected chi connectivity index (χ1v) is 8.87. The fraction of sp³-hybridized carbons (Fsp3) is 0.182. The first-order chi connectivity index (χ1) is 13.2. The molecule has 5 nitrogen and oxygen atoms in total. The zero-order valence-electron chi connectivity index (χ0n) is 15.0. The number of hydrogen-bond acceptors (Lipinski definition) is 4. The molecule has 1 aliphatic carbocycles. The van der Waals surface area contributed by atoms with Gasteiger partial charge in [-0.3, -0.25) is 5.10 Å². The summed E-state index contributed by atoms with van der Waals surface area (Å²) in [4.78, 5) is 0. The highest BCUT2D eigenvalue weighted by Gasteiger charge is 2.22. The van der Waals surface area contributed by atoms with Crippen molar-refractivity contribution in [3.05, 3.63) is 83.2 Å². The third kappa shape index (κ3) is 3.56. The molecule has 0 saturated carbocycles. The number of aromatic nitrogens is 2. The Labute approximate surface area is 157 Å². The van der Waals surface area contributed by atoms with E-state index in [1.165, 1.54) is 5.57 Å². The molecule has 134 valence electrons. The zero-order chi connectivity index (χ0) is 18.6. The van der Waals surface area contributed by atoms with E-state index in [4.69, 9.17) is 14.7 Å². The molecule has 2 aliphatic rings. The highest BCUT2D eigenvalue weighted by molar-refractivity contribution is 5.78. The molecule has 0 saturated heterocycles. The second kappa shape index (κ2) is 7.38. The predicted octanol–water partition coefficient (Wildman–Crippen LogP) is 5.11. The Morgan fingerprint density at radius 3 is 2.81 bits per heavy atom. The maximum Gasteiger partial charge on any atom is 0.173 e. The van der Waals surface area contributed by atoms with E-state index in [9.17, 15) is 0 Å². The van der Waals surface area contributed by atoms with Crippen molar-refractivity contribution in [2.75, 3.05) is 0 Å². The van der Waals surface area contributed by atoms with Crippen LogP contribution in [0, 0.1) is 18.3 Å². The van der Waals surface area contributed by atoms with E-state index in [1.807, 2.05) is 19.1 Å². The van der Waals surface area contributed by atoms with Crippen molar-refractivity contribution in [3.63, 3.8) is 0 Å². The second-order valence-corrected chi connectivity index (χ2v) is 6.53. The Morgan fingerprint density at radius 1 is 1.22 bits per heavy atom. The van der Waals surface area contributed by atoms with Gasteiger partial charge in [0.05, 0.1) is 17.2 Å². The van der Waals surface area contributed by atoms with Gasteiger partial charge in [-0.15, -0.1) is 0 Å². The summed E-state index contributed by atoms with van der Waals surface area (Å²) in [6.07, 6.45) is 12.5. The Bertz CT molecular complexity index is 1010. The summed E-state index contributed by atoms with van der Waals surface area (Å²) in [7, 11) is 0. The third-order valence-corrected chi connectivity index (χ3v) is 4.60. The number of allylic oxidation sites excluding steroid dienone is 4. The van der Waals surface area contributed by atoms with Crippen molar-refractivity contribution >= 4 is 5.76 Å². The van der Waals surface area contributed by atoms with Crippen LogP contribution in [-0.2, 0) is 9.47 Å². The molecule has 27 heavy (non-hydrogen) atoms. The number of H-pyrrole nitrogens is 1. The molecule has 1 aromatic heterocycles. The van der Waals surface area contributed by atoms with Crippen molar-refractivity contribution in [2.24, 2.45) is 0 Å². The quantitative estimate of drug-likeness (QED) is 0.825. The molecule has 2 aromatic rings. The number of nitrogens with zero attached hydrogens (tertiary/aromatic N) is 2. The van der Waals surface area contributed by atoms with Crippen LogP contribution in [0.3, 0.4) is 0 Å². The fourth-order valence-electron chi connectivity index (χ4n) is 3.21. The molecule has 0 fully saturated rings. The first kappa shape index (κ1) is 16.9. The number of ether oxygens (including phenoxy) is 2. The average molecular weight is 357 g/mol. The van der Waals surface area contributed by atoms with Gasteiger partial charge in [0.25, 0.3) is 0 Å². The minimum atomic E-state index is 0.615. The molecule has 0 unspecified atom stereocenters. The summed E-state index contributed by atoms with van der Waals surface area (Å²) in [5.41, 5.74) is 5.38. The number of hydrogen-bond donors (Lipinski definition) is 1. The molecular formula is C22H19N3O2. The van der Waals surface area contributed by atoms with E-state index in [0.717, 1.165) is 47.5 Å². The molecule has 0 radical (unpaired) electrons. The van der Waals surface area contributed by atoms with Crippen molar-refractivity contribution < 1.29 is 9.47 Å². The highest BCUT2D eigenvalue weighted by Crippen LogP contribution is 2.35. The normalized spacial score (nSPS) is 15.8. The van der Waals surface area contributed by atoms with E-state index >= 15 is 0 Å². The minimum absolute atomic E-state index is 0.615. The van der Waals surface area contributed by atoms with Gasteiger partial charge >= 0.3 is 0 Å². The van der Waals surface area contributed by atoms with Crippen LogP contribution in [0.4, 0.5) is 0 Å². The standard InChI is InChI=1S/C22H19N3O2/c1-15-21(22(25-24-15)18-9-7-17(12-23)8-10-18)20-14-26-13-19(27-20)11-16-5-3-2-4-6-16/h2-3,5,7-10,13-14H,4,6,11H2,1H3,(H,24,25). The fourth-order valence-corrected chi connectivity index (χ4v) is 3.21. The maximum atomic E-state index is 8.99. The van der Waals surface area contributed by atoms with Gasteiger partial charge in [0.2, 0.25) is 0 Å². The number of nitrogens with one attached hydrogen (secondary N) is 1. The van der Waals surface area contributed by atoms with E-state index in [1.54, 1.807) is 24.7 Å². The molecule has 2 heterocycles. The molecule has 1 aliphatic heterocycles. The molecule has 0 atom stereocenters. The van der Waals surface area contributed by atoms with Crippen LogP contribution in [0.5, 0.6) is 0 Å². The van der Waals surface area contributed by atoms with Gasteiger partial charge in [0, 0.05) is 17.7 Å². The number of aryl methyl sites for hydroxylation is 1. The highest BCUT2D eigenvalue weighted by atomic mass is 16.5. The Morgan fingerprint density at radius 2 is 2.07 bits per heavy atom. The lowest BCUT2D eigenvalue weighted by molar-refractivity contribution is 0.273. The van der Waals surface area contributed by atoms with Gasteiger partial charge in [-0.25, -0.2) is 0 Å². The number of nitriles is 1. The van der Waals surface area contributed by atoms with Crippen LogP contribution < -0.4 is 0 Å². The molecule has 1 aromatic carbocycles. The molecule has 1 N–H and O–H groups in total. The van der Waals surface area contributed by atoms with Crippen LogP contribution in [0.1, 0.15) is 36.1 Å². The lowest BCUT2D eigenvalue weighted by atomic mass is 10.0. The topological polar surface area (TPSA) is 70.9 Å². The summed E-state index contributed by atoms with van der Waals surface area (Å²) in [6.45, 7) is 1.95. The summed E-state index contributed by atoms with van der Waals surface area (Å²) in [5.74, 6) is 1.41. The van der Waals surface area contributed by atoms with Gasteiger partial charge < -0.3 is 9.47 Å². The second-order valence-electron chi connectivity index (χ2n) is 6.53. The summed E-state index contributed by atoms with van der Waals surface area (Å²) >= 11 is 0. The molecule has 0 spiro atoms. The smallest absolute Gasteiger partial charge is 0.173 e. The number of aromatic amines is 1. The molecule has 5 heteroatoms. The van der Waals surface area contributed by atoms with Gasteiger partial charge in [0.1, 0.15) is 24.0 Å². The van der Waals surface area contributed by atoms with Crippen molar-refractivity contribution in [1.29, 1.82) is 5.26 Å². The van der Waals surface area contributed by atoms with Crippen LogP contribution in [0.25, 0.3) is 17.0 Å². The summed E-state index contributed by atoms with van der Waals surface area (Å²) < 4.78 is 11.7. The van der Waals surface area contributed by atoms with Gasteiger partial charge in [-0.05, 0) is 31.9 Å².